The van der Waals surface area contributed by atoms with Crippen LogP contribution in [0.3, 0.4) is 0 Å². The van der Waals surface area contributed by atoms with Crippen LogP contribution in [0.5, 0.6) is 0 Å². The average molecular weight is 297 g/mol. The van der Waals surface area contributed by atoms with Gasteiger partial charge in [-0.3, -0.25) is 0 Å². The Labute approximate surface area is 132 Å². The first-order valence-electron chi connectivity index (χ1n) is 8.31. The van der Waals surface area contributed by atoms with E-state index in [0.717, 1.165) is 5.56 Å². The van der Waals surface area contributed by atoms with Crippen LogP contribution < -0.4 is 0 Å². The number of rotatable bonds is 5. The molecule has 0 radical (unpaired) electrons. The minimum Gasteiger partial charge on any atom is -0.303 e. The third-order valence-electron chi connectivity index (χ3n) is 4.74. The summed E-state index contributed by atoms with van der Waals surface area (Å²) in [6, 6.07) is 15.3. The first-order chi connectivity index (χ1) is 10.7. The Hall–Kier alpha value is -1.67. The Kier molecular flexibility index (Phi) is 4.89. The molecule has 1 heterocycles. The topological polar surface area (TPSA) is 3.24 Å². The summed E-state index contributed by atoms with van der Waals surface area (Å²) in [5.41, 5.74) is 2.98. The lowest BCUT2D eigenvalue weighted by Gasteiger charge is -2.18. The molecule has 0 bridgehead atoms. The van der Waals surface area contributed by atoms with E-state index in [1.807, 2.05) is 24.3 Å². The first-order valence-corrected chi connectivity index (χ1v) is 8.31. The van der Waals surface area contributed by atoms with Crippen molar-refractivity contribution in [3.05, 3.63) is 59.9 Å². The van der Waals surface area contributed by atoms with Gasteiger partial charge in [-0.25, -0.2) is 4.39 Å². The highest BCUT2D eigenvalue weighted by Crippen LogP contribution is 2.26. The lowest BCUT2D eigenvalue weighted by molar-refractivity contribution is 0.324. The molecule has 116 valence electrons. The van der Waals surface area contributed by atoms with Gasteiger partial charge in [-0.2, -0.15) is 0 Å². The van der Waals surface area contributed by atoms with Crippen LogP contribution in [0.2, 0.25) is 0 Å². The highest BCUT2D eigenvalue weighted by molar-refractivity contribution is 5.64. The zero-order valence-electron chi connectivity index (χ0n) is 13.3. The highest BCUT2D eigenvalue weighted by Gasteiger charge is 2.13. The quantitative estimate of drug-likeness (QED) is 0.743. The van der Waals surface area contributed by atoms with E-state index in [-0.39, 0.29) is 5.82 Å². The lowest BCUT2D eigenvalue weighted by Crippen LogP contribution is -2.21. The second-order valence-corrected chi connectivity index (χ2v) is 6.34. The second-order valence-electron chi connectivity index (χ2n) is 6.34. The zero-order valence-corrected chi connectivity index (χ0v) is 13.3. The van der Waals surface area contributed by atoms with Crippen molar-refractivity contribution in [3.63, 3.8) is 0 Å². The van der Waals surface area contributed by atoms with Gasteiger partial charge in [0.15, 0.2) is 0 Å². The van der Waals surface area contributed by atoms with E-state index < -0.39 is 0 Å². The molecule has 2 aromatic rings. The highest BCUT2D eigenvalue weighted by atomic mass is 19.1. The SMILES string of the molecule is CC(CCN1CCCC1)c1ccc(-c2ccccc2F)cc1. The fraction of sp³-hybridized carbons (Fsp3) is 0.400. The Morgan fingerprint density at radius 1 is 1.00 bits per heavy atom. The monoisotopic (exact) mass is 297 g/mol. The molecule has 0 N–H and O–H groups in total. The fourth-order valence-electron chi connectivity index (χ4n) is 3.24. The van der Waals surface area contributed by atoms with Crippen LogP contribution >= 0.6 is 0 Å². The van der Waals surface area contributed by atoms with Gasteiger partial charge in [-0.15, -0.1) is 0 Å². The largest absolute Gasteiger partial charge is 0.303 e. The smallest absolute Gasteiger partial charge is 0.131 e. The molecule has 2 heteroatoms. The normalized spacial score (nSPS) is 16.8. The maximum Gasteiger partial charge on any atom is 0.131 e. The molecule has 0 saturated carbocycles. The standard InChI is InChI=1S/C20H24FN/c1-16(12-15-22-13-4-5-14-22)17-8-10-18(11-9-17)19-6-2-3-7-20(19)21/h2-3,6-11,16H,4-5,12-15H2,1H3. The molecule has 1 aliphatic rings. The Morgan fingerprint density at radius 2 is 1.68 bits per heavy atom. The molecule has 1 atom stereocenters. The molecule has 22 heavy (non-hydrogen) atoms. The van der Waals surface area contributed by atoms with Gasteiger partial charge < -0.3 is 4.90 Å². The molecule has 1 aliphatic heterocycles. The third-order valence-corrected chi connectivity index (χ3v) is 4.74. The van der Waals surface area contributed by atoms with E-state index in [1.165, 1.54) is 50.5 Å². The van der Waals surface area contributed by atoms with Crippen LogP contribution in [0.4, 0.5) is 4.39 Å². The maximum atomic E-state index is 13.8. The maximum absolute atomic E-state index is 13.8. The van der Waals surface area contributed by atoms with Gasteiger partial charge in [0, 0.05) is 5.56 Å². The Balaban J connectivity index is 1.64. The number of benzene rings is 2. The van der Waals surface area contributed by atoms with Crippen LogP contribution in [0.25, 0.3) is 11.1 Å². The van der Waals surface area contributed by atoms with Gasteiger partial charge >= 0.3 is 0 Å². The predicted octanol–water partition coefficient (Wildman–Crippen LogP) is 5.08. The van der Waals surface area contributed by atoms with E-state index in [1.54, 1.807) is 6.07 Å². The molecule has 0 spiro atoms. The summed E-state index contributed by atoms with van der Waals surface area (Å²) in [5, 5.41) is 0. The molecular weight excluding hydrogens is 273 g/mol. The van der Waals surface area contributed by atoms with Crippen molar-refractivity contribution in [1.29, 1.82) is 0 Å². The first kappa shape index (κ1) is 15.2. The van der Waals surface area contributed by atoms with Crippen LogP contribution in [-0.4, -0.2) is 24.5 Å². The van der Waals surface area contributed by atoms with Crippen molar-refractivity contribution in [1.82, 2.24) is 4.90 Å². The number of hydrogen-bond donors (Lipinski definition) is 0. The van der Waals surface area contributed by atoms with E-state index in [9.17, 15) is 4.39 Å². The number of hydrogen-bond acceptors (Lipinski definition) is 1. The minimum atomic E-state index is -0.155. The summed E-state index contributed by atoms with van der Waals surface area (Å²) in [6.45, 7) is 6.00. The molecule has 2 aromatic carbocycles. The Morgan fingerprint density at radius 3 is 2.36 bits per heavy atom. The molecule has 0 aromatic heterocycles. The summed E-state index contributed by atoms with van der Waals surface area (Å²) in [7, 11) is 0. The van der Waals surface area contributed by atoms with E-state index in [0.29, 0.717) is 11.5 Å². The third kappa shape index (κ3) is 3.56. The summed E-state index contributed by atoms with van der Waals surface area (Å²) >= 11 is 0. The summed E-state index contributed by atoms with van der Waals surface area (Å²) in [6.07, 6.45) is 3.90. The van der Waals surface area contributed by atoms with Gasteiger partial charge in [0.1, 0.15) is 5.82 Å². The summed E-state index contributed by atoms with van der Waals surface area (Å²) < 4.78 is 13.8. The van der Waals surface area contributed by atoms with Gasteiger partial charge in [-0.05, 0) is 62.0 Å². The van der Waals surface area contributed by atoms with Crippen molar-refractivity contribution in [2.75, 3.05) is 19.6 Å². The van der Waals surface area contributed by atoms with Crippen molar-refractivity contribution in [2.45, 2.75) is 32.1 Å². The molecule has 1 saturated heterocycles. The van der Waals surface area contributed by atoms with Gasteiger partial charge in [0.2, 0.25) is 0 Å². The fourth-order valence-corrected chi connectivity index (χ4v) is 3.24. The van der Waals surface area contributed by atoms with Crippen LogP contribution in [0, 0.1) is 5.82 Å². The number of likely N-dealkylation sites (tertiary alicyclic amines) is 1. The predicted molar refractivity (Wildman–Crippen MR) is 90.5 cm³/mol. The van der Waals surface area contributed by atoms with Gasteiger partial charge in [0.05, 0.1) is 0 Å². The van der Waals surface area contributed by atoms with Crippen LogP contribution in [0.1, 0.15) is 37.7 Å². The molecule has 1 unspecified atom stereocenters. The van der Waals surface area contributed by atoms with E-state index >= 15 is 0 Å². The minimum absolute atomic E-state index is 0.155. The Bertz CT molecular complexity index is 599. The van der Waals surface area contributed by atoms with E-state index in [4.69, 9.17) is 0 Å². The average Bonchev–Trinajstić information content (AvgIpc) is 3.07. The van der Waals surface area contributed by atoms with Gasteiger partial charge in [0.25, 0.3) is 0 Å². The van der Waals surface area contributed by atoms with Crippen molar-refractivity contribution >= 4 is 0 Å². The lowest BCUT2D eigenvalue weighted by atomic mass is 9.95. The van der Waals surface area contributed by atoms with Crippen LogP contribution in [0.15, 0.2) is 48.5 Å². The van der Waals surface area contributed by atoms with Crippen molar-refractivity contribution < 1.29 is 4.39 Å². The van der Waals surface area contributed by atoms with Crippen LogP contribution in [-0.2, 0) is 0 Å². The number of halogens is 1. The summed E-state index contributed by atoms with van der Waals surface area (Å²) in [4.78, 5) is 2.56. The second kappa shape index (κ2) is 7.06. The van der Waals surface area contributed by atoms with Gasteiger partial charge in [-0.1, -0.05) is 49.4 Å². The molecule has 0 aliphatic carbocycles. The molecular formula is C20H24FN. The van der Waals surface area contributed by atoms with Crippen molar-refractivity contribution in [3.8, 4) is 11.1 Å². The molecule has 1 fully saturated rings. The summed E-state index contributed by atoms with van der Waals surface area (Å²) in [5.74, 6) is 0.396. The van der Waals surface area contributed by atoms with Crippen molar-refractivity contribution in [2.24, 2.45) is 0 Å². The number of nitrogens with zero attached hydrogens (tertiary/aromatic N) is 1. The molecule has 3 rings (SSSR count). The van der Waals surface area contributed by atoms with E-state index in [2.05, 4.69) is 24.0 Å². The molecule has 1 nitrogen and oxygen atoms in total. The molecule has 0 amide bonds. The zero-order chi connectivity index (χ0) is 15.4.